The summed E-state index contributed by atoms with van der Waals surface area (Å²) >= 11 is 0. The Balaban J connectivity index is 2.06. The number of piperidine rings is 1. The first-order valence-corrected chi connectivity index (χ1v) is 8.36. The number of carboxylic acid groups (broad SMARTS) is 1. The third-order valence-electron chi connectivity index (χ3n) is 4.71. The number of carboxylic acids is 1. The molecule has 0 unspecified atom stereocenters. The number of benzene rings is 2. The molecule has 136 valence electrons. The number of hydrogen-bond donors (Lipinski definition) is 0. The summed E-state index contributed by atoms with van der Waals surface area (Å²) in [6.07, 6.45) is 0.418. The molecular weight excluding hydrogens is 334 g/mol. The maximum atomic E-state index is 12.7. The quantitative estimate of drug-likeness (QED) is 0.820. The molecule has 1 fully saturated rings. The molecule has 3 rings (SSSR count). The van der Waals surface area contributed by atoms with Gasteiger partial charge in [-0.2, -0.15) is 0 Å². The highest BCUT2D eigenvalue weighted by atomic mass is 16.5. The topological polar surface area (TPSA) is 78.9 Å². The van der Waals surface area contributed by atoms with Gasteiger partial charge in [0, 0.05) is 24.0 Å². The molecule has 1 heterocycles. The van der Waals surface area contributed by atoms with Crippen molar-refractivity contribution in [2.24, 2.45) is 5.92 Å². The number of amides is 1. The monoisotopic (exact) mass is 354 g/mol. The van der Waals surface area contributed by atoms with E-state index in [4.69, 9.17) is 9.47 Å². The summed E-state index contributed by atoms with van der Waals surface area (Å²) in [5.74, 6) is -0.735. The van der Waals surface area contributed by atoms with Gasteiger partial charge in [-0.3, -0.25) is 4.79 Å². The van der Waals surface area contributed by atoms with Gasteiger partial charge >= 0.3 is 0 Å². The summed E-state index contributed by atoms with van der Waals surface area (Å²) < 4.78 is 10.3. The average Bonchev–Trinajstić information content (AvgIpc) is 2.67. The first-order chi connectivity index (χ1) is 12.5. The van der Waals surface area contributed by atoms with Gasteiger partial charge in [-0.05, 0) is 48.4 Å². The number of carbonyl (C=O) groups excluding carboxylic acids is 2. The summed E-state index contributed by atoms with van der Waals surface area (Å²) in [5, 5.41) is 11.8. The lowest BCUT2D eigenvalue weighted by Gasteiger charge is -2.42. The fourth-order valence-electron chi connectivity index (χ4n) is 3.37. The van der Waals surface area contributed by atoms with Crippen molar-refractivity contribution in [3.63, 3.8) is 0 Å². The van der Waals surface area contributed by atoms with Crippen molar-refractivity contribution in [2.45, 2.75) is 18.9 Å². The number of aliphatic carboxylic acids is 1. The van der Waals surface area contributed by atoms with E-state index in [1.807, 2.05) is 0 Å². The van der Waals surface area contributed by atoms with Crippen molar-refractivity contribution in [1.82, 2.24) is 0 Å². The Morgan fingerprint density at radius 1 is 1.00 bits per heavy atom. The SMILES string of the molecule is COc1ccc([C@H]2[C@@H](C(=O)[O-])CCC(=O)N2c2ccc(OC)cc2)cc1. The molecule has 1 aliphatic heterocycles. The van der Waals surface area contributed by atoms with Gasteiger partial charge in [0.15, 0.2) is 0 Å². The molecule has 2 aromatic carbocycles. The largest absolute Gasteiger partial charge is 0.550 e. The van der Waals surface area contributed by atoms with Crippen LogP contribution in [-0.4, -0.2) is 26.1 Å². The third kappa shape index (κ3) is 3.35. The molecule has 1 amide bonds. The van der Waals surface area contributed by atoms with Crippen LogP contribution in [0, 0.1) is 5.92 Å². The molecular formula is C20H20NO5-. The normalized spacial score (nSPS) is 19.9. The molecule has 2 aromatic rings. The van der Waals surface area contributed by atoms with E-state index in [0.717, 1.165) is 5.56 Å². The molecule has 0 saturated carbocycles. The Morgan fingerprint density at radius 3 is 2.04 bits per heavy atom. The van der Waals surface area contributed by atoms with Crippen molar-refractivity contribution in [2.75, 3.05) is 19.1 Å². The lowest BCUT2D eigenvalue weighted by atomic mass is 9.84. The molecule has 26 heavy (non-hydrogen) atoms. The van der Waals surface area contributed by atoms with Crippen LogP contribution in [0.3, 0.4) is 0 Å². The molecule has 2 atom stereocenters. The van der Waals surface area contributed by atoms with E-state index in [1.54, 1.807) is 67.7 Å². The van der Waals surface area contributed by atoms with Gasteiger partial charge < -0.3 is 24.3 Å². The summed E-state index contributed by atoms with van der Waals surface area (Å²) in [4.78, 5) is 26.0. The van der Waals surface area contributed by atoms with Crippen molar-refractivity contribution >= 4 is 17.6 Å². The number of ether oxygens (including phenoxy) is 2. The second-order valence-corrected chi connectivity index (χ2v) is 6.14. The summed E-state index contributed by atoms with van der Waals surface area (Å²) in [5.41, 5.74) is 1.35. The minimum absolute atomic E-state index is 0.117. The molecule has 6 nitrogen and oxygen atoms in total. The molecule has 0 aromatic heterocycles. The van der Waals surface area contributed by atoms with Crippen LogP contribution in [0.5, 0.6) is 11.5 Å². The van der Waals surface area contributed by atoms with Gasteiger partial charge in [-0.25, -0.2) is 0 Å². The van der Waals surface area contributed by atoms with Gasteiger partial charge in [-0.15, -0.1) is 0 Å². The van der Waals surface area contributed by atoms with Gasteiger partial charge in [0.25, 0.3) is 0 Å². The second kappa shape index (κ2) is 7.47. The van der Waals surface area contributed by atoms with Gasteiger partial charge in [0.05, 0.1) is 20.3 Å². The highest BCUT2D eigenvalue weighted by Gasteiger charge is 2.38. The smallest absolute Gasteiger partial charge is 0.227 e. The number of nitrogens with zero attached hydrogens (tertiary/aromatic N) is 1. The number of hydrogen-bond acceptors (Lipinski definition) is 5. The Hall–Kier alpha value is -3.02. The molecule has 0 spiro atoms. The molecule has 6 heteroatoms. The highest BCUT2D eigenvalue weighted by molar-refractivity contribution is 5.96. The number of methoxy groups -OCH3 is 2. The minimum atomic E-state index is -1.16. The summed E-state index contributed by atoms with van der Waals surface area (Å²) in [7, 11) is 3.13. The van der Waals surface area contributed by atoms with E-state index in [9.17, 15) is 14.7 Å². The number of carbonyl (C=O) groups is 2. The fourth-order valence-corrected chi connectivity index (χ4v) is 3.37. The zero-order valence-electron chi connectivity index (χ0n) is 14.7. The molecule has 0 N–H and O–H groups in total. The molecule has 0 bridgehead atoms. The number of anilines is 1. The first-order valence-electron chi connectivity index (χ1n) is 8.36. The average molecular weight is 354 g/mol. The third-order valence-corrected chi connectivity index (χ3v) is 4.71. The summed E-state index contributed by atoms with van der Waals surface area (Å²) in [6, 6.07) is 13.5. The standard InChI is InChI=1S/C20H21NO5/c1-25-15-7-3-13(4-8-15)19-17(20(23)24)11-12-18(22)21(19)14-5-9-16(26-2)10-6-14/h3-10,17,19H,11-12H2,1-2H3,(H,23,24)/p-1/t17-,19-/m0/s1. The maximum absolute atomic E-state index is 12.7. The fraction of sp³-hybridized carbons (Fsp3) is 0.300. The van der Waals surface area contributed by atoms with E-state index >= 15 is 0 Å². The van der Waals surface area contributed by atoms with E-state index < -0.39 is 17.9 Å². The van der Waals surface area contributed by atoms with E-state index in [0.29, 0.717) is 17.2 Å². The predicted molar refractivity (Wildman–Crippen MR) is 93.9 cm³/mol. The zero-order chi connectivity index (χ0) is 18.7. The van der Waals surface area contributed by atoms with Crippen molar-refractivity contribution in [3.05, 3.63) is 54.1 Å². The highest BCUT2D eigenvalue weighted by Crippen LogP contribution is 2.40. The van der Waals surface area contributed by atoms with E-state index in [1.165, 1.54) is 0 Å². The van der Waals surface area contributed by atoms with Crippen LogP contribution in [-0.2, 0) is 9.59 Å². The van der Waals surface area contributed by atoms with Crippen LogP contribution in [0.25, 0.3) is 0 Å². The number of rotatable bonds is 5. The molecule has 0 radical (unpaired) electrons. The van der Waals surface area contributed by atoms with Crippen LogP contribution in [0.1, 0.15) is 24.4 Å². The molecule has 0 aliphatic carbocycles. The van der Waals surface area contributed by atoms with Gasteiger partial charge in [0.2, 0.25) is 5.91 Å². The predicted octanol–water partition coefficient (Wildman–Crippen LogP) is 1.94. The van der Waals surface area contributed by atoms with E-state index in [2.05, 4.69) is 0 Å². The second-order valence-electron chi connectivity index (χ2n) is 6.14. The van der Waals surface area contributed by atoms with Crippen LogP contribution in [0.2, 0.25) is 0 Å². The minimum Gasteiger partial charge on any atom is -0.550 e. The zero-order valence-corrected chi connectivity index (χ0v) is 14.7. The molecule has 1 saturated heterocycles. The van der Waals surface area contributed by atoms with Crippen molar-refractivity contribution in [3.8, 4) is 11.5 Å². The Bertz CT molecular complexity index is 785. The Morgan fingerprint density at radius 2 is 1.54 bits per heavy atom. The first kappa shape index (κ1) is 17.8. The van der Waals surface area contributed by atoms with Crippen LogP contribution < -0.4 is 19.5 Å². The van der Waals surface area contributed by atoms with Crippen molar-refractivity contribution < 1.29 is 24.2 Å². The van der Waals surface area contributed by atoms with E-state index in [-0.39, 0.29) is 18.7 Å². The van der Waals surface area contributed by atoms with Crippen LogP contribution in [0.15, 0.2) is 48.5 Å². The lowest BCUT2D eigenvalue weighted by Crippen LogP contribution is -2.49. The molecule has 1 aliphatic rings. The summed E-state index contributed by atoms with van der Waals surface area (Å²) in [6.45, 7) is 0. The maximum Gasteiger partial charge on any atom is 0.227 e. The van der Waals surface area contributed by atoms with Crippen molar-refractivity contribution in [1.29, 1.82) is 0 Å². The van der Waals surface area contributed by atoms with Crippen LogP contribution >= 0.6 is 0 Å². The Labute approximate surface area is 152 Å². The van der Waals surface area contributed by atoms with Crippen LogP contribution in [0.4, 0.5) is 5.69 Å². The Kier molecular flexibility index (Phi) is 5.11. The van der Waals surface area contributed by atoms with Gasteiger partial charge in [0.1, 0.15) is 11.5 Å². The lowest BCUT2D eigenvalue weighted by molar-refractivity contribution is -0.312. The van der Waals surface area contributed by atoms with Gasteiger partial charge in [-0.1, -0.05) is 12.1 Å².